The SMILES string of the molecule is CS(=O)c1ccc(N2C(=O)[C@@H]3[C@@H]4CC[C@@H](C4)[C@@H]3C2=O)cc1. The average molecular weight is 303 g/mol. The molecule has 0 radical (unpaired) electrons. The van der Waals surface area contributed by atoms with E-state index in [1.165, 1.54) is 4.90 Å². The topological polar surface area (TPSA) is 54.5 Å². The second kappa shape index (κ2) is 4.50. The van der Waals surface area contributed by atoms with Crippen molar-refractivity contribution < 1.29 is 13.8 Å². The molecule has 1 saturated heterocycles. The fraction of sp³-hybridized carbons (Fsp3) is 0.500. The summed E-state index contributed by atoms with van der Waals surface area (Å²) in [5.41, 5.74) is 0.619. The maximum absolute atomic E-state index is 12.7. The van der Waals surface area contributed by atoms with Crippen molar-refractivity contribution in [1.29, 1.82) is 0 Å². The van der Waals surface area contributed by atoms with Gasteiger partial charge in [0.25, 0.3) is 0 Å². The third kappa shape index (κ3) is 1.76. The molecule has 1 aromatic carbocycles. The second-order valence-electron chi connectivity index (χ2n) is 6.34. The van der Waals surface area contributed by atoms with E-state index < -0.39 is 10.8 Å². The van der Waals surface area contributed by atoms with Gasteiger partial charge in [-0.3, -0.25) is 18.7 Å². The minimum Gasteiger partial charge on any atom is -0.274 e. The monoisotopic (exact) mass is 303 g/mol. The molecule has 2 saturated carbocycles. The Labute approximate surface area is 126 Å². The zero-order valence-corrected chi connectivity index (χ0v) is 12.6. The van der Waals surface area contributed by atoms with E-state index in [1.807, 2.05) is 0 Å². The minimum atomic E-state index is -1.05. The molecule has 21 heavy (non-hydrogen) atoms. The van der Waals surface area contributed by atoms with Crippen LogP contribution in [0.5, 0.6) is 0 Å². The van der Waals surface area contributed by atoms with Crippen molar-refractivity contribution in [3.8, 4) is 0 Å². The van der Waals surface area contributed by atoms with Crippen molar-refractivity contribution >= 4 is 28.3 Å². The van der Waals surface area contributed by atoms with Crippen LogP contribution >= 0.6 is 0 Å². The smallest absolute Gasteiger partial charge is 0.237 e. The molecular weight excluding hydrogens is 286 g/mol. The lowest BCUT2D eigenvalue weighted by Crippen LogP contribution is -2.32. The molecule has 5 heteroatoms. The van der Waals surface area contributed by atoms with Gasteiger partial charge in [-0.1, -0.05) is 0 Å². The molecule has 1 unspecified atom stereocenters. The third-order valence-electron chi connectivity index (χ3n) is 5.35. The van der Waals surface area contributed by atoms with Crippen molar-refractivity contribution in [3.63, 3.8) is 0 Å². The van der Waals surface area contributed by atoms with Crippen LogP contribution in [-0.2, 0) is 20.4 Å². The average Bonchev–Trinajstić information content (AvgIpc) is 3.13. The molecule has 2 aliphatic carbocycles. The molecule has 1 aromatic rings. The van der Waals surface area contributed by atoms with Gasteiger partial charge in [0.15, 0.2) is 0 Å². The van der Waals surface area contributed by atoms with Crippen LogP contribution in [0, 0.1) is 23.7 Å². The molecule has 4 rings (SSSR count). The predicted octanol–water partition coefficient (Wildman–Crippen LogP) is 1.96. The molecular formula is C16H17NO3S. The van der Waals surface area contributed by atoms with Crippen LogP contribution in [-0.4, -0.2) is 22.3 Å². The van der Waals surface area contributed by atoms with Gasteiger partial charge in [0.1, 0.15) is 0 Å². The number of benzene rings is 1. The summed E-state index contributed by atoms with van der Waals surface area (Å²) >= 11 is 0. The number of hydrogen-bond donors (Lipinski definition) is 0. The van der Waals surface area contributed by atoms with Gasteiger partial charge in [0.05, 0.1) is 17.5 Å². The lowest BCUT2D eigenvalue weighted by molar-refractivity contribution is -0.123. The fourth-order valence-electron chi connectivity index (χ4n) is 4.45. The Morgan fingerprint density at radius 2 is 1.52 bits per heavy atom. The van der Waals surface area contributed by atoms with Crippen LogP contribution in [0.15, 0.2) is 29.2 Å². The first kappa shape index (κ1) is 13.2. The second-order valence-corrected chi connectivity index (χ2v) is 7.72. The normalized spacial score (nSPS) is 35.4. The highest BCUT2D eigenvalue weighted by atomic mass is 32.2. The molecule has 0 N–H and O–H groups in total. The number of imide groups is 1. The number of carbonyl (C=O) groups is 2. The van der Waals surface area contributed by atoms with E-state index in [1.54, 1.807) is 30.5 Å². The highest BCUT2D eigenvalue weighted by molar-refractivity contribution is 7.84. The van der Waals surface area contributed by atoms with Crippen LogP contribution in [0.3, 0.4) is 0 Å². The van der Waals surface area contributed by atoms with E-state index in [0.29, 0.717) is 22.4 Å². The number of fused-ring (bicyclic) bond motifs is 5. The molecule has 3 fully saturated rings. The van der Waals surface area contributed by atoms with Gasteiger partial charge in [-0.15, -0.1) is 0 Å². The van der Waals surface area contributed by atoms with Crippen LogP contribution in [0.2, 0.25) is 0 Å². The Kier molecular flexibility index (Phi) is 2.83. The molecule has 5 atom stereocenters. The number of rotatable bonds is 2. The zero-order valence-electron chi connectivity index (χ0n) is 11.8. The number of carbonyl (C=O) groups excluding carboxylic acids is 2. The molecule has 0 aromatic heterocycles. The van der Waals surface area contributed by atoms with Gasteiger partial charge in [-0.05, 0) is 55.4 Å². The first-order valence-electron chi connectivity index (χ1n) is 7.39. The summed E-state index contributed by atoms with van der Waals surface area (Å²) in [6, 6.07) is 6.92. The molecule has 0 spiro atoms. The largest absolute Gasteiger partial charge is 0.274 e. The van der Waals surface area contributed by atoms with Gasteiger partial charge in [0.2, 0.25) is 11.8 Å². The molecule has 3 aliphatic rings. The Hall–Kier alpha value is -1.49. The van der Waals surface area contributed by atoms with Gasteiger partial charge < -0.3 is 0 Å². The molecule has 110 valence electrons. The zero-order chi connectivity index (χ0) is 14.7. The Morgan fingerprint density at radius 3 is 2.00 bits per heavy atom. The van der Waals surface area contributed by atoms with Gasteiger partial charge >= 0.3 is 0 Å². The van der Waals surface area contributed by atoms with Crippen molar-refractivity contribution in [3.05, 3.63) is 24.3 Å². The van der Waals surface area contributed by atoms with Gasteiger partial charge in [-0.2, -0.15) is 0 Å². The summed E-state index contributed by atoms with van der Waals surface area (Å²) < 4.78 is 11.4. The van der Waals surface area contributed by atoms with E-state index in [9.17, 15) is 13.8 Å². The lowest BCUT2D eigenvalue weighted by atomic mass is 9.81. The summed E-state index contributed by atoms with van der Waals surface area (Å²) in [5, 5.41) is 0. The van der Waals surface area contributed by atoms with E-state index in [4.69, 9.17) is 0 Å². The van der Waals surface area contributed by atoms with Crippen LogP contribution in [0.4, 0.5) is 5.69 Å². The van der Waals surface area contributed by atoms with Crippen LogP contribution in [0.25, 0.3) is 0 Å². The number of anilines is 1. The molecule has 2 amide bonds. The van der Waals surface area contributed by atoms with Gasteiger partial charge in [-0.25, -0.2) is 0 Å². The highest BCUT2D eigenvalue weighted by Gasteiger charge is 2.61. The fourth-order valence-corrected chi connectivity index (χ4v) is 4.97. The standard InChI is InChI=1S/C16H17NO3S/c1-21(20)12-6-4-11(5-7-12)17-15(18)13-9-2-3-10(8-9)14(13)16(17)19/h4-7,9-10,13-14H,2-3,8H2,1H3/t9-,10+,13-,14+,21?. The molecule has 4 nitrogen and oxygen atoms in total. The highest BCUT2D eigenvalue weighted by Crippen LogP contribution is 2.56. The molecule has 2 bridgehead atoms. The summed E-state index contributed by atoms with van der Waals surface area (Å²) in [7, 11) is -1.05. The first-order chi connectivity index (χ1) is 10.1. The number of amides is 2. The first-order valence-corrected chi connectivity index (χ1v) is 8.95. The van der Waals surface area contributed by atoms with E-state index in [0.717, 1.165) is 19.3 Å². The van der Waals surface area contributed by atoms with Crippen molar-refractivity contribution in [2.24, 2.45) is 23.7 Å². The third-order valence-corrected chi connectivity index (χ3v) is 6.29. The van der Waals surface area contributed by atoms with Gasteiger partial charge in [0, 0.05) is 22.0 Å². The van der Waals surface area contributed by atoms with E-state index >= 15 is 0 Å². The maximum atomic E-state index is 12.7. The van der Waals surface area contributed by atoms with E-state index in [2.05, 4.69) is 0 Å². The van der Waals surface area contributed by atoms with E-state index in [-0.39, 0.29) is 23.7 Å². The minimum absolute atomic E-state index is 0.0254. The summed E-state index contributed by atoms with van der Waals surface area (Å²) in [6.07, 6.45) is 4.84. The molecule has 1 aliphatic heterocycles. The van der Waals surface area contributed by atoms with Crippen LogP contribution < -0.4 is 4.90 Å². The number of hydrogen-bond acceptors (Lipinski definition) is 3. The van der Waals surface area contributed by atoms with Crippen molar-refractivity contribution in [1.82, 2.24) is 0 Å². The quantitative estimate of drug-likeness (QED) is 0.785. The number of nitrogens with zero attached hydrogens (tertiary/aromatic N) is 1. The summed E-state index contributed by atoms with van der Waals surface area (Å²) in [6.45, 7) is 0. The van der Waals surface area contributed by atoms with Crippen molar-refractivity contribution in [2.75, 3.05) is 11.2 Å². The molecule has 1 heterocycles. The Bertz CT molecular complexity index is 626. The van der Waals surface area contributed by atoms with Crippen LogP contribution in [0.1, 0.15) is 19.3 Å². The van der Waals surface area contributed by atoms with Crippen molar-refractivity contribution in [2.45, 2.75) is 24.2 Å². The maximum Gasteiger partial charge on any atom is 0.237 e. The summed E-state index contributed by atoms with van der Waals surface area (Å²) in [5.74, 6) is 0.588. The Morgan fingerprint density at radius 1 is 1.00 bits per heavy atom. The lowest BCUT2D eigenvalue weighted by Gasteiger charge is -2.19. The predicted molar refractivity (Wildman–Crippen MR) is 79.1 cm³/mol. The Balaban J connectivity index is 1.68. The summed E-state index contributed by atoms with van der Waals surface area (Å²) in [4.78, 5) is 27.4.